The van der Waals surface area contributed by atoms with Gasteiger partial charge in [0.2, 0.25) is 0 Å². The highest BCUT2D eigenvalue weighted by Gasteiger charge is 2.24. The van der Waals surface area contributed by atoms with Crippen LogP contribution in [0.15, 0.2) is 48.0 Å². The largest absolute Gasteiger partial charge is 0.383 e. The van der Waals surface area contributed by atoms with Gasteiger partial charge in [-0.05, 0) is 23.3 Å². The van der Waals surface area contributed by atoms with Crippen LogP contribution in [0.4, 0.5) is 11.4 Å². The van der Waals surface area contributed by atoms with Gasteiger partial charge in [0.15, 0.2) is 5.78 Å². The molecular weight excluding hydrogens is 280 g/mol. The second-order valence-electron chi connectivity index (χ2n) is 5.12. The Bertz CT molecular complexity index is 809. The topological polar surface area (TPSA) is 72.2 Å². The number of anilines is 1. The van der Waals surface area contributed by atoms with Gasteiger partial charge in [0.05, 0.1) is 4.92 Å². The number of carbonyl (C=O) groups is 1. The minimum Gasteiger partial charge on any atom is -0.383 e. The fourth-order valence-corrected chi connectivity index (χ4v) is 2.67. The van der Waals surface area contributed by atoms with E-state index in [-0.39, 0.29) is 11.5 Å². The third-order valence-corrected chi connectivity index (χ3v) is 3.76. The first kappa shape index (κ1) is 14.0. The number of hydrogen-bond acceptors (Lipinski definition) is 4. The second-order valence-corrected chi connectivity index (χ2v) is 5.12. The Morgan fingerprint density at radius 2 is 2.00 bits per heavy atom. The van der Waals surface area contributed by atoms with Gasteiger partial charge < -0.3 is 5.32 Å². The molecule has 0 unspecified atom stereocenters. The average Bonchev–Trinajstić information content (AvgIpc) is 2.84. The van der Waals surface area contributed by atoms with Gasteiger partial charge in [-0.1, -0.05) is 30.3 Å². The summed E-state index contributed by atoms with van der Waals surface area (Å²) in [4.78, 5) is 23.0. The molecule has 0 bridgehead atoms. The number of allylic oxidation sites excluding steroid dienone is 1. The van der Waals surface area contributed by atoms with Gasteiger partial charge in [0.1, 0.15) is 5.69 Å². The smallest absolute Gasteiger partial charge is 0.292 e. The van der Waals surface area contributed by atoms with E-state index in [1.165, 1.54) is 6.07 Å². The van der Waals surface area contributed by atoms with Crippen LogP contribution in [0.2, 0.25) is 0 Å². The quantitative estimate of drug-likeness (QED) is 0.534. The zero-order chi connectivity index (χ0) is 15.7. The number of Topliss-reactive ketones (excluding diaryl/α,β-unsaturated/α-hetero) is 1. The van der Waals surface area contributed by atoms with Gasteiger partial charge in [-0.15, -0.1) is 0 Å². The summed E-state index contributed by atoms with van der Waals surface area (Å²) in [7, 11) is 1.64. The number of fused-ring (bicyclic) bond motifs is 1. The predicted octanol–water partition coefficient (Wildman–Crippen LogP) is 3.46. The van der Waals surface area contributed by atoms with Crippen LogP contribution in [0.25, 0.3) is 6.08 Å². The van der Waals surface area contributed by atoms with Crippen LogP contribution in [-0.2, 0) is 6.42 Å². The second kappa shape index (κ2) is 5.44. The number of nitro benzene ring substituents is 1. The van der Waals surface area contributed by atoms with Gasteiger partial charge in [-0.2, -0.15) is 0 Å². The Hall–Kier alpha value is -2.95. The Morgan fingerprint density at radius 1 is 1.23 bits per heavy atom. The molecule has 0 aliphatic heterocycles. The SMILES string of the molecule is CNc1ccc(/C=C2\Cc3ccccc3C2=O)cc1[N+](=O)[O-]. The number of hydrogen-bond donors (Lipinski definition) is 1. The highest BCUT2D eigenvalue weighted by atomic mass is 16.6. The van der Waals surface area contributed by atoms with Crippen molar-refractivity contribution in [1.29, 1.82) is 0 Å². The number of ketones is 1. The van der Waals surface area contributed by atoms with Crippen molar-refractivity contribution in [3.05, 3.63) is 74.8 Å². The van der Waals surface area contributed by atoms with Crippen molar-refractivity contribution in [3.8, 4) is 0 Å². The summed E-state index contributed by atoms with van der Waals surface area (Å²) in [6.07, 6.45) is 2.30. The van der Waals surface area contributed by atoms with Crippen LogP contribution in [0.5, 0.6) is 0 Å². The Morgan fingerprint density at radius 3 is 2.68 bits per heavy atom. The van der Waals surface area contributed by atoms with Gasteiger partial charge in [-0.25, -0.2) is 0 Å². The van der Waals surface area contributed by atoms with Gasteiger partial charge in [0, 0.05) is 30.7 Å². The van der Waals surface area contributed by atoms with E-state index in [1.807, 2.05) is 24.3 Å². The Balaban J connectivity index is 1.99. The molecule has 0 radical (unpaired) electrons. The lowest BCUT2D eigenvalue weighted by molar-refractivity contribution is -0.383. The molecule has 0 atom stereocenters. The van der Waals surface area contributed by atoms with Gasteiger partial charge in [0.25, 0.3) is 5.69 Å². The first-order chi connectivity index (χ1) is 10.6. The van der Waals surface area contributed by atoms with E-state index in [9.17, 15) is 14.9 Å². The van der Waals surface area contributed by atoms with Crippen LogP contribution >= 0.6 is 0 Å². The molecule has 0 saturated heterocycles. The van der Waals surface area contributed by atoms with Crippen LogP contribution in [-0.4, -0.2) is 17.8 Å². The standard InChI is InChI=1S/C17H14N2O3/c1-18-15-7-6-11(9-16(15)19(21)22)8-13-10-12-4-2-3-5-14(12)17(13)20/h2-9,18H,10H2,1H3/b13-8+. The lowest BCUT2D eigenvalue weighted by atomic mass is 10.1. The zero-order valence-electron chi connectivity index (χ0n) is 12.0. The summed E-state index contributed by atoms with van der Waals surface area (Å²) in [6.45, 7) is 0. The number of benzene rings is 2. The molecule has 5 heteroatoms. The maximum Gasteiger partial charge on any atom is 0.292 e. The molecule has 2 aromatic carbocycles. The molecule has 0 heterocycles. The lowest BCUT2D eigenvalue weighted by Gasteiger charge is -2.03. The molecule has 110 valence electrons. The molecule has 5 nitrogen and oxygen atoms in total. The van der Waals surface area contributed by atoms with E-state index in [4.69, 9.17) is 0 Å². The van der Waals surface area contributed by atoms with Crippen molar-refractivity contribution in [2.75, 3.05) is 12.4 Å². The van der Waals surface area contributed by atoms with Crippen LogP contribution in [0.1, 0.15) is 21.5 Å². The van der Waals surface area contributed by atoms with E-state index in [2.05, 4.69) is 5.32 Å². The molecule has 1 N–H and O–H groups in total. The van der Waals surface area contributed by atoms with E-state index in [0.29, 0.717) is 23.2 Å². The maximum atomic E-state index is 12.3. The lowest BCUT2D eigenvalue weighted by Crippen LogP contribution is -1.98. The van der Waals surface area contributed by atoms with Crippen molar-refractivity contribution in [3.63, 3.8) is 0 Å². The number of nitrogens with zero attached hydrogens (tertiary/aromatic N) is 1. The van der Waals surface area contributed by atoms with Crippen LogP contribution in [0, 0.1) is 10.1 Å². The molecule has 1 aliphatic carbocycles. The summed E-state index contributed by atoms with van der Waals surface area (Å²) in [5.41, 5.74) is 3.48. The first-order valence-electron chi connectivity index (χ1n) is 6.89. The van der Waals surface area contributed by atoms with Crippen molar-refractivity contribution < 1.29 is 9.72 Å². The minimum atomic E-state index is -0.431. The number of nitrogens with one attached hydrogen (secondary N) is 1. The van der Waals surface area contributed by atoms with Gasteiger partial charge in [-0.3, -0.25) is 14.9 Å². The Kier molecular flexibility index (Phi) is 3.47. The van der Waals surface area contributed by atoms with E-state index in [1.54, 1.807) is 25.3 Å². The third-order valence-electron chi connectivity index (χ3n) is 3.76. The molecule has 0 spiro atoms. The highest BCUT2D eigenvalue weighted by molar-refractivity contribution is 6.15. The van der Waals surface area contributed by atoms with E-state index in [0.717, 1.165) is 11.1 Å². The molecule has 0 amide bonds. The average molecular weight is 294 g/mol. The predicted molar refractivity (Wildman–Crippen MR) is 85.1 cm³/mol. The number of nitro groups is 1. The number of carbonyl (C=O) groups excluding carboxylic acids is 1. The molecule has 2 aromatic rings. The van der Waals surface area contributed by atoms with Crippen molar-refractivity contribution in [2.45, 2.75) is 6.42 Å². The van der Waals surface area contributed by atoms with Gasteiger partial charge >= 0.3 is 0 Å². The summed E-state index contributed by atoms with van der Waals surface area (Å²) in [5, 5.41) is 13.9. The maximum absolute atomic E-state index is 12.3. The van der Waals surface area contributed by atoms with Crippen molar-refractivity contribution in [2.24, 2.45) is 0 Å². The van der Waals surface area contributed by atoms with E-state index >= 15 is 0 Å². The first-order valence-corrected chi connectivity index (χ1v) is 6.89. The normalized spacial score (nSPS) is 15.0. The third kappa shape index (κ3) is 2.37. The van der Waals surface area contributed by atoms with Crippen LogP contribution in [0.3, 0.4) is 0 Å². The summed E-state index contributed by atoms with van der Waals surface area (Å²) in [6, 6.07) is 12.4. The minimum absolute atomic E-state index is 0.000176. The molecule has 1 aliphatic rings. The zero-order valence-corrected chi connectivity index (χ0v) is 12.0. The van der Waals surface area contributed by atoms with E-state index < -0.39 is 4.92 Å². The molecular formula is C17H14N2O3. The molecule has 0 fully saturated rings. The fourth-order valence-electron chi connectivity index (χ4n) is 2.67. The molecule has 3 rings (SSSR count). The summed E-state index contributed by atoms with van der Waals surface area (Å²) in [5.74, 6) is -0.00375. The van der Waals surface area contributed by atoms with Crippen molar-refractivity contribution >= 4 is 23.2 Å². The van der Waals surface area contributed by atoms with Crippen LogP contribution < -0.4 is 5.32 Å². The fraction of sp³-hybridized carbons (Fsp3) is 0.118. The molecule has 0 aromatic heterocycles. The molecule has 22 heavy (non-hydrogen) atoms. The Labute approximate surface area is 127 Å². The van der Waals surface area contributed by atoms with Crippen molar-refractivity contribution in [1.82, 2.24) is 0 Å². The summed E-state index contributed by atoms with van der Waals surface area (Å²) < 4.78 is 0. The summed E-state index contributed by atoms with van der Waals surface area (Å²) >= 11 is 0. The monoisotopic (exact) mass is 294 g/mol. The highest BCUT2D eigenvalue weighted by Crippen LogP contribution is 2.30. The number of rotatable bonds is 3. The molecule has 0 saturated carbocycles.